The quantitative estimate of drug-likeness (QED) is 0.0666. The number of hydrogen-bond donors (Lipinski definition) is 0. The number of nitrogens with zero attached hydrogens (tertiary/aromatic N) is 12. The molecule has 2 unspecified atom stereocenters. The van der Waals surface area contributed by atoms with E-state index < -0.39 is 5.97 Å². The molecule has 466 valence electrons. The molecule has 0 N–H and O–H groups in total. The van der Waals surface area contributed by atoms with Crippen molar-refractivity contribution in [3.05, 3.63) is 130 Å². The standard InChI is InChI=1S/C69H80Cl2N12O6/c1-6-59(84)80-34-24-46(38-80)76(3)64-50-25-35-78(57-17-8-14-45-13-7-16-52(70)62(45)57)40-54(50)73-67(74-64)89-43-69-29-12-33-83(69)56(23-30-69)48-19-20-53(71)63-49(48)15-9-18-58(63)79-36-26-51-55(41-79)72-66(88-42-68-27-10-31-81(68)32-11-28-68)75-65(51)77(4)47-37-44(2)82(39-47)60(85)21-22-61(86)87-5/h6-9,13-22,44,46-47,56H,1,10-12,23-43H2,2-5H3/b22-21+/t44-,46+,47+,56?,69?/m0/s1. The molecule has 5 atom stereocenters. The van der Waals surface area contributed by atoms with Crippen molar-refractivity contribution >= 4 is 85.5 Å². The molecule has 0 saturated carbocycles. The second-order valence-electron chi connectivity index (χ2n) is 26.1. The average molecular weight is 1240 g/mol. The number of likely N-dealkylation sites (N-methyl/N-ethyl adjacent to an activating group) is 2. The Kier molecular flexibility index (Phi) is 16.1. The first kappa shape index (κ1) is 59.4. The lowest BCUT2D eigenvalue weighted by molar-refractivity contribution is -0.135. The highest BCUT2D eigenvalue weighted by Gasteiger charge is 2.51. The molecule has 20 heteroatoms. The summed E-state index contributed by atoms with van der Waals surface area (Å²) in [5, 5.41) is 5.76. The van der Waals surface area contributed by atoms with Crippen molar-refractivity contribution in [3.8, 4) is 12.0 Å². The van der Waals surface area contributed by atoms with E-state index in [9.17, 15) is 14.4 Å². The molecule has 8 aliphatic rings. The molecule has 89 heavy (non-hydrogen) atoms. The first-order valence-electron chi connectivity index (χ1n) is 32.1. The van der Waals surface area contributed by atoms with Crippen LogP contribution in [-0.2, 0) is 45.1 Å². The number of amides is 2. The number of halogens is 2. The molecule has 8 aliphatic heterocycles. The molecule has 0 radical (unpaired) electrons. The van der Waals surface area contributed by atoms with Crippen LogP contribution in [0, 0.1) is 0 Å². The van der Waals surface area contributed by atoms with Gasteiger partial charge in [0.15, 0.2) is 0 Å². The Morgan fingerprint density at radius 2 is 1.29 bits per heavy atom. The van der Waals surface area contributed by atoms with Crippen molar-refractivity contribution in [2.24, 2.45) is 0 Å². The second kappa shape index (κ2) is 24.2. The highest BCUT2D eigenvalue weighted by molar-refractivity contribution is 6.37. The summed E-state index contributed by atoms with van der Waals surface area (Å²) in [5.74, 6) is 0.877. The number of carbonyl (C=O) groups excluding carboxylic acids is 3. The zero-order valence-electron chi connectivity index (χ0n) is 51.6. The van der Waals surface area contributed by atoms with Gasteiger partial charge in [-0.05, 0) is 150 Å². The minimum absolute atomic E-state index is 0.0138. The Bertz CT molecular complexity index is 3800. The number of carbonyl (C=O) groups is 3. The van der Waals surface area contributed by atoms with Gasteiger partial charge in [0.05, 0.1) is 52.7 Å². The molecule has 0 aliphatic carbocycles. The fraction of sp³-hybridized carbons (Fsp3) is 0.493. The predicted molar refractivity (Wildman–Crippen MR) is 349 cm³/mol. The van der Waals surface area contributed by atoms with E-state index in [2.05, 4.69) is 112 Å². The first-order valence-corrected chi connectivity index (χ1v) is 32.9. The van der Waals surface area contributed by atoms with Gasteiger partial charge < -0.3 is 43.6 Å². The summed E-state index contributed by atoms with van der Waals surface area (Å²) in [6.45, 7) is 14.3. The number of aromatic nitrogens is 4. The minimum atomic E-state index is -0.560. The van der Waals surface area contributed by atoms with E-state index in [1.807, 2.05) is 21.9 Å². The Balaban J connectivity index is 0.736. The zero-order valence-corrected chi connectivity index (χ0v) is 53.2. The number of hydrogen-bond acceptors (Lipinski definition) is 16. The minimum Gasteiger partial charge on any atom is -0.466 e. The van der Waals surface area contributed by atoms with Gasteiger partial charge in [0.25, 0.3) is 0 Å². The summed E-state index contributed by atoms with van der Waals surface area (Å²) < 4.78 is 18.5. The van der Waals surface area contributed by atoms with Crippen LogP contribution < -0.4 is 29.1 Å². The van der Waals surface area contributed by atoms with Crippen LogP contribution >= 0.6 is 23.2 Å². The smallest absolute Gasteiger partial charge is 0.330 e. The number of ether oxygens (including phenoxy) is 3. The summed E-state index contributed by atoms with van der Waals surface area (Å²) in [6.07, 6.45) is 15.5. The van der Waals surface area contributed by atoms with Crippen molar-refractivity contribution in [3.63, 3.8) is 0 Å². The number of anilines is 4. The van der Waals surface area contributed by atoms with E-state index >= 15 is 0 Å². The molecule has 18 nitrogen and oxygen atoms in total. The van der Waals surface area contributed by atoms with Crippen molar-refractivity contribution in [2.75, 3.05) is 106 Å². The number of methoxy groups -OCH3 is 1. The van der Waals surface area contributed by atoms with Crippen molar-refractivity contribution in [1.82, 2.24) is 39.5 Å². The van der Waals surface area contributed by atoms with E-state index in [1.54, 1.807) is 0 Å². The average Bonchev–Trinajstić information content (AvgIpc) is 1.82. The molecule has 6 saturated heterocycles. The maximum Gasteiger partial charge on any atom is 0.330 e. The number of benzene rings is 4. The Morgan fingerprint density at radius 1 is 0.674 bits per heavy atom. The fourth-order valence-corrected chi connectivity index (χ4v) is 17.2. The van der Waals surface area contributed by atoms with Gasteiger partial charge in [-0.2, -0.15) is 19.9 Å². The highest BCUT2D eigenvalue weighted by Crippen LogP contribution is 2.52. The lowest BCUT2D eigenvalue weighted by Gasteiger charge is -2.37. The normalized spacial score (nSPS) is 23.9. The third-order valence-electron chi connectivity index (χ3n) is 21.4. The molecular weight excluding hydrogens is 1160 g/mol. The molecular formula is C69H80Cl2N12O6. The number of likely N-dealkylation sites (tertiary alicyclic amines) is 2. The predicted octanol–water partition coefficient (Wildman–Crippen LogP) is 10.1. The van der Waals surface area contributed by atoms with Crippen LogP contribution in [0.1, 0.15) is 105 Å². The third kappa shape index (κ3) is 10.9. The molecule has 6 fully saturated rings. The van der Waals surface area contributed by atoms with Crippen LogP contribution in [-0.4, -0.2) is 173 Å². The largest absolute Gasteiger partial charge is 0.466 e. The van der Waals surface area contributed by atoms with Gasteiger partial charge in [-0.15, -0.1) is 0 Å². The lowest BCUT2D eigenvalue weighted by Crippen LogP contribution is -2.44. The van der Waals surface area contributed by atoms with Gasteiger partial charge in [0, 0.05) is 116 Å². The maximum atomic E-state index is 13.4. The van der Waals surface area contributed by atoms with Crippen LogP contribution in [0.15, 0.2) is 91.5 Å². The van der Waals surface area contributed by atoms with Gasteiger partial charge in [0.1, 0.15) is 24.8 Å². The van der Waals surface area contributed by atoms with E-state index in [-0.39, 0.29) is 47.1 Å². The molecule has 0 bridgehead atoms. The van der Waals surface area contributed by atoms with Gasteiger partial charge in [0.2, 0.25) is 11.8 Å². The number of esters is 1. The lowest BCUT2D eigenvalue weighted by atomic mass is 9.93. The van der Waals surface area contributed by atoms with E-state index in [0.29, 0.717) is 69.4 Å². The number of rotatable bonds is 16. The topological polar surface area (TPSA) is 156 Å². The van der Waals surface area contributed by atoms with Crippen LogP contribution in [0.3, 0.4) is 0 Å². The molecule has 4 aromatic carbocycles. The van der Waals surface area contributed by atoms with Crippen molar-refractivity contribution in [2.45, 2.75) is 132 Å². The third-order valence-corrected chi connectivity index (χ3v) is 22.0. The van der Waals surface area contributed by atoms with Crippen LogP contribution in [0.2, 0.25) is 10.0 Å². The molecule has 2 amide bonds. The highest BCUT2D eigenvalue weighted by atomic mass is 35.5. The SMILES string of the molecule is C=CC(=O)N1CC[C@@H](N(C)c2nc(OCC34CCCN3C(c3ccc(Cl)c5c(N6CCc7c(nc(OCC89CCCN8CCC9)nc7N(C)[C@@H]7C[C@H](C)N(C(=O)/C=C/C(=O)OC)C7)C6)cccc35)CC4)nc3c2CCN(c2cccc4cccc(Cl)c24)C3)C1. The Hall–Kier alpha value is -7.25. The first-order chi connectivity index (χ1) is 43.2. The van der Waals surface area contributed by atoms with E-state index in [0.717, 1.165) is 163 Å². The monoisotopic (exact) mass is 1240 g/mol. The maximum absolute atomic E-state index is 13.4. The van der Waals surface area contributed by atoms with Gasteiger partial charge in [-0.25, -0.2) is 4.79 Å². The zero-order chi connectivity index (χ0) is 61.3. The van der Waals surface area contributed by atoms with E-state index in [1.165, 1.54) is 43.7 Å². The molecule has 6 aromatic rings. The van der Waals surface area contributed by atoms with Crippen molar-refractivity contribution < 1.29 is 28.6 Å². The summed E-state index contributed by atoms with van der Waals surface area (Å²) in [4.78, 5) is 77.5. The van der Waals surface area contributed by atoms with Crippen LogP contribution in [0.4, 0.5) is 23.0 Å². The van der Waals surface area contributed by atoms with Crippen molar-refractivity contribution in [1.29, 1.82) is 0 Å². The fourth-order valence-electron chi connectivity index (χ4n) is 16.7. The molecule has 2 aromatic heterocycles. The summed E-state index contributed by atoms with van der Waals surface area (Å²) >= 11 is 14.3. The summed E-state index contributed by atoms with van der Waals surface area (Å²) in [5.41, 5.74) is 7.29. The number of fused-ring (bicyclic) bond motifs is 6. The summed E-state index contributed by atoms with van der Waals surface area (Å²) in [6, 6.07) is 24.3. The van der Waals surface area contributed by atoms with E-state index in [4.69, 9.17) is 57.3 Å². The van der Waals surface area contributed by atoms with Crippen LogP contribution in [0.25, 0.3) is 21.5 Å². The molecule has 10 heterocycles. The molecule has 0 spiro atoms. The van der Waals surface area contributed by atoms with Crippen LogP contribution in [0.5, 0.6) is 12.0 Å². The van der Waals surface area contributed by atoms with Gasteiger partial charge >= 0.3 is 18.0 Å². The summed E-state index contributed by atoms with van der Waals surface area (Å²) in [7, 11) is 5.49. The molecule has 14 rings (SSSR count). The Morgan fingerprint density at radius 3 is 1.98 bits per heavy atom. The van der Waals surface area contributed by atoms with Gasteiger partial charge in [-0.3, -0.25) is 19.4 Å². The Labute approximate surface area is 531 Å². The second-order valence-corrected chi connectivity index (χ2v) is 26.9. The van der Waals surface area contributed by atoms with Gasteiger partial charge in [-0.1, -0.05) is 72.2 Å².